The molecule has 18 rings (SSSR count). The van der Waals surface area contributed by atoms with Crippen LogP contribution in [0.15, 0.2) is 273 Å². The molecule has 2 unspecified atom stereocenters. The largest absolute Gasteiger partial charge is 0.335 e. The van der Waals surface area contributed by atoms with Gasteiger partial charge in [-0.05, 0) is 179 Å². The number of hydrogen-bond acceptors (Lipinski definition) is 2. The summed E-state index contributed by atoms with van der Waals surface area (Å²) in [5, 5.41) is 7.60. The van der Waals surface area contributed by atoms with Crippen molar-refractivity contribution in [1.29, 1.82) is 0 Å². The van der Waals surface area contributed by atoms with Gasteiger partial charge < -0.3 is 23.5 Å². The molecule has 89 heavy (non-hydrogen) atoms. The Morgan fingerprint density at radius 1 is 0.281 bits per heavy atom. The minimum absolute atomic E-state index is 0.105. The van der Waals surface area contributed by atoms with Crippen LogP contribution in [-0.2, 0) is 10.8 Å². The van der Waals surface area contributed by atoms with Crippen LogP contribution in [0.5, 0.6) is 0 Å². The lowest BCUT2D eigenvalue weighted by Crippen LogP contribution is -2.26. The third-order valence-corrected chi connectivity index (χ3v) is 20.9. The fourth-order valence-corrected chi connectivity index (χ4v) is 16.8. The third-order valence-electron chi connectivity index (χ3n) is 20.9. The summed E-state index contributed by atoms with van der Waals surface area (Å²) >= 11 is 0. The van der Waals surface area contributed by atoms with E-state index in [1.807, 2.05) is 0 Å². The average molecular weight is 1150 g/mol. The topological polar surface area (TPSA) is 21.3 Å². The Balaban J connectivity index is 0.788. The monoisotopic (exact) mass is 1150 g/mol. The van der Waals surface area contributed by atoms with Gasteiger partial charge in [0.2, 0.25) is 0 Å². The quantitative estimate of drug-likeness (QED) is 0.144. The molecule has 0 spiro atoms. The zero-order valence-corrected chi connectivity index (χ0v) is 50.7. The maximum absolute atomic E-state index is 2.75. The molecule has 428 valence electrons. The van der Waals surface area contributed by atoms with Gasteiger partial charge in [0.25, 0.3) is 0 Å². The highest BCUT2D eigenvalue weighted by Crippen LogP contribution is 2.54. The Kier molecular flexibility index (Phi) is 11.4. The van der Waals surface area contributed by atoms with Gasteiger partial charge in [-0.1, -0.05) is 192 Å². The molecule has 0 amide bonds. The average Bonchev–Trinajstić information content (AvgIpc) is 1.65. The second-order valence-electron chi connectivity index (χ2n) is 26.3. The zero-order chi connectivity index (χ0) is 59.3. The Bertz CT molecular complexity index is 5360. The molecule has 0 aliphatic heterocycles. The first kappa shape index (κ1) is 51.8. The van der Waals surface area contributed by atoms with Crippen LogP contribution in [0.4, 0.5) is 34.1 Å². The van der Waals surface area contributed by atoms with Crippen LogP contribution in [0, 0.1) is 0 Å². The maximum Gasteiger partial charge on any atom is 0.0550 e. The number of nitrogens with zero attached hydrogens (tertiary/aromatic N) is 5. The molecule has 0 radical (unpaired) electrons. The second kappa shape index (κ2) is 19.6. The van der Waals surface area contributed by atoms with Gasteiger partial charge in [0.15, 0.2) is 0 Å². The summed E-state index contributed by atoms with van der Waals surface area (Å²) < 4.78 is 7.91. The molecule has 3 aromatic heterocycles. The molecule has 15 aromatic rings. The number of benzene rings is 12. The van der Waals surface area contributed by atoms with Crippen molar-refractivity contribution in [2.24, 2.45) is 0 Å². The van der Waals surface area contributed by atoms with Crippen molar-refractivity contribution in [3.05, 3.63) is 295 Å². The van der Waals surface area contributed by atoms with Crippen molar-refractivity contribution in [1.82, 2.24) is 13.7 Å². The van der Waals surface area contributed by atoms with Crippen molar-refractivity contribution in [2.75, 3.05) is 9.80 Å². The Morgan fingerprint density at radius 3 is 1.25 bits per heavy atom. The first-order valence-electron chi connectivity index (χ1n) is 32.0. The first-order chi connectivity index (χ1) is 43.7. The van der Waals surface area contributed by atoms with E-state index in [9.17, 15) is 0 Å². The van der Waals surface area contributed by atoms with E-state index >= 15 is 0 Å². The number of para-hydroxylation sites is 5. The molecule has 2 atom stereocenters. The van der Waals surface area contributed by atoms with E-state index in [4.69, 9.17) is 0 Å². The fraction of sp³-hybridized carbons (Fsp3) is 0.143. The number of fused-ring (bicyclic) bond motifs is 15. The number of anilines is 6. The molecule has 1 fully saturated rings. The van der Waals surface area contributed by atoms with Crippen LogP contribution in [0.3, 0.4) is 0 Å². The summed E-state index contributed by atoms with van der Waals surface area (Å²) in [4.78, 5) is 4.99. The molecule has 3 heterocycles. The molecule has 0 N–H and O–H groups in total. The van der Waals surface area contributed by atoms with Crippen molar-refractivity contribution in [2.45, 2.75) is 76.3 Å². The summed E-state index contributed by atoms with van der Waals surface area (Å²) in [6.07, 6.45) is 4.53. The van der Waals surface area contributed by atoms with E-state index in [1.165, 1.54) is 128 Å². The zero-order valence-electron chi connectivity index (χ0n) is 50.7. The summed E-state index contributed by atoms with van der Waals surface area (Å²) in [5.74, 6) is 0. The molecular weight excluding hydrogens is 1080 g/mol. The summed E-state index contributed by atoms with van der Waals surface area (Å²) in [6.45, 7) is 9.50. The fourth-order valence-electron chi connectivity index (χ4n) is 16.8. The van der Waals surface area contributed by atoms with Gasteiger partial charge in [-0.25, -0.2) is 0 Å². The van der Waals surface area contributed by atoms with Crippen molar-refractivity contribution < 1.29 is 0 Å². The van der Waals surface area contributed by atoms with Crippen LogP contribution in [0.2, 0.25) is 0 Å². The molecule has 12 aromatic carbocycles. The van der Waals surface area contributed by atoms with E-state index in [-0.39, 0.29) is 22.9 Å². The predicted octanol–water partition coefficient (Wildman–Crippen LogP) is 22.9. The number of hydrogen-bond donors (Lipinski definition) is 0. The van der Waals surface area contributed by atoms with Crippen LogP contribution in [0.1, 0.15) is 87.7 Å². The lowest BCUT2D eigenvalue weighted by atomic mass is 9.82. The summed E-state index contributed by atoms with van der Waals surface area (Å²) in [6, 6.07) is 103. The molecule has 3 aliphatic carbocycles. The number of rotatable bonds is 9. The smallest absolute Gasteiger partial charge is 0.0550 e. The van der Waals surface area contributed by atoms with Gasteiger partial charge >= 0.3 is 0 Å². The normalized spacial score (nSPS) is 16.3. The third kappa shape index (κ3) is 7.67. The van der Waals surface area contributed by atoms with Crippen LogP contribution >= 0.6 is 0 Å². The van der Waals surface area contributed by atoms with Crippen molar-refractivity contribution >= 4 is 99.5 Å². The van der Waals surface area contributed by atoms with Gasteiger partial charge in [-0.2, -0.15) is 0 Å². The van der Waals surface area contributed by atoms with E-state index in [0.29, 0.717) is 0 Å². The molecule has 0 saturated heterocycles. The molecule has 5 heteroatoms. The summed E-state index contributed by atoms with van der Waals surface area (Å²) in [5.41, 5.74) is 26.1. The standard InChI is InChI=1S/C84H67N5/c1-83(2)72-33-17-12-28-62(72)67-49-56(40-45-73(67)83)86(58-41-46-78-68(51-58)64-29-13-18-34-75(64)87(78)55-25-9-6-10-26-55)59-43-48-80-70(52-59)66-31-15-20-36-77(66)89(80)82-38-22-21-37-81(82)88-76-35-19-14-30-65(76)69-50-57(42-47-79(69)88)85(54-23-7-5-8-24-54)60-39-44-63-61-27-11-16-32-71(61)84(3,4)74(63)53-60/h5-20,23-36,39-53,81-82H,21-22,37-38H2,1-4H3. The van der Waals surface area contributed by atoms with Crippen LogP contribution in [0.25, 0.3) is 93.4 Å². The predicted molar refractivity (Wildman–Crippen MR) is 374 cm³/mol. The molecule has 1 saturated carbocycles. The highest BCUT2D eigenvalue weighted by atomic mass is 15.2. The van der Waals surface area contributed by atoms with Crippen LogP contribution in [-0.4, -0.2) is 13.7 Å². The SMILES string of the molecule is CC1(C)c2ccccc2-c2cc(N(c3ccc4c(c3)c3ccccc3n4-c3ccccc3)c3ccc4c(c3)c3ccccc3n4C3CCCCC3n3c4ccccc4c4cc(N(c5ccccc5)c5ccc6c(c5)C(C)(C)c5ccccc5-6)ccc43)ccc21. The van der Waals surface area contributed by atoms with Crippen molar-refractivity contribution in [3.8, 4) is 27.9 Å². The molecule has 3 aliphatic rings. The number of aromatic nitrogens is 3. The van der Waals surface area contributed by atoms with E-state index in [2.05, 4.69) is 324 Å². The lowest BCUT2D eigenvalue weighted by molar-refractivity contribution is 0.259. The highest BCUT2D eigenvalue weighted by Gasteiger charge is 2.38. The first-order valence-corrected chi connectivity index (χ1v) is 32.0. The van der Waals surface area contributed by atoms with Gasteiger partial charge in [0.05, 0.1) is 23.1 Å². The van der Waals surface area contributed by atoms with E-state index < -0.39 is 0 Å². The van der Waals surface area contributed by atoms with Crippen molar-refractivity contribution in [3.63, 3.8) is 0 Å². The summed E-state index contributed by atoms with van der Waals surface area (Å²) in [7, 11) is 0. The Hall–Kier alpha value is -10.4. The van der Waals surface area contributed by atoms with E-state index in [0.717, 1.165) is 47.0 Å². The van der Waals surface area contributed by atoms with E-state index in [1.54, 1.807) is 0 Å². The van der Waals surface area contributed by atoms with Gasteiger partial charge in [-0.15, -0.1) is 0 Å². The van der Waals surface area contributed by atoms with Crippen LogP contribution < -0.4 is 9.80 Å². The van der Waals surface area contributed by atoms with Gasteiger partial charge in [-0.3, -0.25) is 0 Å². The van der Waals surface area contributed by atoms with Gasteiger partial charge in [0.1, 0.15) is 0 Å². The minimum atomic E-state index is -0.117. The Labute approximate surface area is 519 Å². The molecule has 5 nitrogen and oxygen atoms in total. The second-order valence-corrected chi connectivity index (χ2v) is 26.3. The van der Waals surface area contributed by atoms with Gasteiger partial charge in [0, 0.05) is 105 Å². The Morgan fingerprint density at radius 2 is 0.652 bits per heavy atom. The highest BCUT2D eigenvalue weighted by molar-refractivity contribution is 6.13. The molecule has 0 bridgehead atoms. The lowest BCUT2D eigenvalue weighted by Gasteiger charge is -2.36. The molecular formula is C84H67N5. The maximum atomic E-state index is 2.75. The minimum Gasteiger partial charge on any atom is -0.335 e.